The summed E-state index contributed by atoms with van der Waals surface area (Å²) in [5.41, 5.74) is 1.73. The van der Waals surface area contributed by atoms with Crippen molar-refractivity contribution in [2.75, 3.05) is 13.1 Å². The van der Waals surface area contributed by atoms with Gasteiger partial charge in [-0.25, -0.2) is 4.98 Å². The molecule has 1 amide bonds. The summed E-state index contributed by atoms with van der Waals surface area (Å²) < 4.78 is 4.02. The topological polar surface area (TPSA) is 56.0 Å². The molecule has 0 bridgehead atoms. The number of thiophene rings is 1. The van der Waals surface area contributed by atoms with E-state index in [0.717, 1.165) is 38.3 Å². The van der Waals surface area contributed by atoms with Gasteiger partial charge in [0.2, 0.25) is 0 Å². The van der Waals surface area contributed by atoms with Crippen LogP contribution in [0.4, 0.5) is 0 Å². The molecule has 0 aromatic carbocycles. The highest BCUT2D eigenvalue weighted by molar-refractivity contribution is 7.13. The van der Waals surface area contributed by atoms with Gasteiger partial charge in [0.05, 0.1) is 16.8 Å². The van der Waals surface area contributed by atoms with Crippen LogP contribution in [0.15, 0.2) is 36.0 Å². The molecule has 0 N–H and O–H groups in total. The van der Waals surface area contributed by atoms with E-state index in [9.17, 15) is 4.79 Å². The molecule has 1 fully saturated rings. The van der Waals surface area contributed by atoms with Gasteiger partial charge in [0, 0.05) is 38.3 Å². The fourth-order valence-corrected chi connectivity index (χ4v) is 4.95. The minimum Gasteiger partial charge on any atom is -0.336 e. The molecule has 5 heterocycles. The molecule has 0 unspecified atom stereocenters. The molecule has 5 rings (SSSR count). The molecule has 1 saturated heterocycles. The molecular formula is C18H19N5OS. The van der Waals surface area contributed by atoms with Crippen LogP contribution < -0.4 is 0 Å². The summed E-state index contributed by atoms with van der Waals surface area (Å²) in [6, 6.07) is 6.01. The molecule has 3 aromatic rings. The van der Waals surface area contributed by atoms with Crippen molar-refractivity contribution in [3.8, 4) is 10.6 Å². The number of nitrogens with zero attached hydrogens (tertiary/aromatic N) is 5. The normalized spacial score (nSPS) is 22.0. The Bertz CT molecular complexity index is 941. The van der Waals surface area contributed by atoms with Crippen molar-refractivity contribution >= 4 is 17.2 Å². The van der Waals surface area contributed by atoms with Crippen LogP contribution in [-0.2, 0) is 19.0 Å². The van der Waals surface area contributed by atoms with E-state index >= 15 is 0 Å². The molecular weight excluding hydrogens is 334 g/mol. The Kier molecular flexibility index (Phi) is 3.15. The van der Waals surface area contributed by atoms with Crippen LogP contribution in [0.3, 0.4) is 0 Å². The van der Waals surface area contributed by atoms with Crippen LogP contribution in [0.25, 0.3) is 10.6 Å². The van der Waals surface area contributed by atoms with Crippen LogP contribution in [-0.4, -0.2) is 43.2 Å². The summed E-state index contributed by atoms with van der Waals surface area (Å²) >= 11 is 1.75. The lowest BCUT2D eigenvalue weighted by molar-refractivity contribution is 0.0776. The standard InChI is InChI=1S/C18H19N5OS/c1-21-7-4-13(20-21)16(24)22-8-5-18(12-22)6-9-23-14(11-19-17(18)23)15-3-2-10-25-15/h2-4,7,10-11H,5-6,8-9,12H2,1H3/t18-/m0/s1. The van der Waals surface area contributed by atoms with Crippen molar-refractivity contribution in [2.45, 2.75) is 24.8 Å². The minimum absolute atomic E-state index is 0.0000497. The number of carbonyl (C=O) groups is 1. The number of likely N-dealkylation sites (tertiary alicyclic amines) is 1. The summed E-state index contributed by atoms with van der Waals surface area (Å²) in [6.45, 7) is 2.49. The van der Waals surface area contributed by atoms with Crippen LogP contribution in [0.5, 0.6) is 0 Å². The maximum Gasteiger partial charge on any atom is 0.274 e. The Morgan fingerprint density at radius 2 is 2.16 bits per heavy atom. The Hall–Kier alpha value is -2.41. The third-order valence-electron chi connectivity index (χ3n) is 5.49. The maximum atomic E-state index is 12.7. The molecule has 25 heavy (non-hydrogen) atoms. The Labute approximate surface area is 149 Å². The predicted molar refractivity (Wildman–Crippen MR) is 95.6 cm³/mol. The second-order valence-electron chi connectivity index (χ2n) is 6.98. The smallest absolute Gasteiger partial charge is 0.274 e. The second-order valence-corrected chi connectivity index (χ2v) is 7.93. The quantitative estimate of drug-likeness (QED) is 0.711. The van der Waals surface area contributed by atoms with E-state index in [4.69, 9.17) is 4.98 Å². The lowest BCUT2D eigenvalue weighted by Crippen LogP contribution is -2.34. The summed E-state index contributed by atoms with van der Waals surface area (Å²) in [4.78, 5) is 20.7. The Morgan fingerprint density at radius 1 is 1.28 bits per heavy atom. The third kappa shape index (κ3) is 2.18. The van der Waals surface area contributed by atoms with Crippen LogP contribution in [0, 0.1) is 0 Å². The highest BCUT2D eigenvalue weighted by atomic mass is 32.1. The first-order valence-corrected chi connectivity index (χ1v) is 9.43. The molecule has 2 aliphatic heterocycles. The van der Waals surface area contributed by atoms with Crippen molar-refractivity contribution < 1.29 is 4.79 Å². The zero-order chi connectivity index (χ0) is 17.0. The molecule has 0 radical (unpaired) electrons. The number of hydrogen-bond donors (Lipinski definition) is 0. The SMILES string of the molecule is Cn1ccc(C(=O)N2CC[C@]3(CCn4c(-c5cccs5)cnc43)C2)n1. The third-order valence-corrected chi connectivity index (χ3v) is 6.38. The summed E-state index contributed by atoms with van der Waals surface area (Å²) in [6.07, 6.45) is 5.84. The van der Waals surface area contributed by atoms with Crippen molar-refractivity contribution in [3.05, 3.63) is 47.5 Å². The number of aromatic nitrogens is 4. The fourth-order valence-electron chi connectivity index (χ4n) is 4.21. The number of imidazole rings is 1. The Balaban J connectivity index is 1.43. The average molecular weight is 353 g/mol. The highest BCUT2D eigenvalue weighted by Gasteiger charge is 2.48. The summed E-state index contributed by atoms with van der Waals surface area (Å²) in [5.74, 6) is 1.17. The first kappa shape index (κ1) is 14.9. The van der Waals surface area contributed by atoms with E-state index in [-0.39, 0.29) is 11.3 Å². The monoisotopic (exact) mass is 353 g/mol. The van der Waals surface area contributed by atoms with E-state index in [1.54, 1.807) is 22.1 Å². The average Bonchev–Trinajstić information content (AvgIpc) is 3.39. The van der Waals surface area contributed by atoms with Gasteiger partial charge in [-0.15, -0.1) is 11.3 Å². The molecule has 128 valence electrons. The number of hydrogen-bond acceptors (Lipinski definition) is 4. The highest BCUT2D eigenvalue weighted by Crippen LogP contribution is 2.44. The predicted octanol–water partition coefficient (Wildman–Crippen LogP) is 2.53. The van der Waals surface area contributed by atoms with Crippen LogP contribution in [0.2, 0.25) is 0 Å². The summed E-state index contributed by atoms with van der Waals surface area (Å²) in [5, 5.41) is 6.36. The van der Waals surface area contributed by atoms with E-state index in [2.05, 4.69) is 27.2 Å². The molecule has 3 aromatic heterocycles. The van der Waals surface area contributed by atoms with E-state index < -0.39 is 0 Å². The van der Waals surface area contributed by atoms with Crippen molar-refractivity contribution in [2.24, 2.45) is 7.05 Å². The maximum absolute atomic E-state index is 12.7. The zero-order valence-corrected chi connectivity index (χ0v) is 14.9. The number of rotatable bonds is 2. The molecule has 1 spiro atoms. The second kappa shape index (κ2) is 5.29. The van der Waals surface area contributed by atoms with Crippen molar-refractivity contribution in [1.82, 2.24) is 24.2 Å². The Morgan fingerprint density at radius 3 is 2.92 bits per heavy atom. The largest absolute Gasteiger partial charge is 0.336 e. The van der Waals surface area contributed by atoms with Gasteiger partial charge in [-0.3, -0.25) is 9.48 Å². The number of aryl methyl sites for hydroxylation is 1. The molecule has 7 heteroatoms. The number of amides is 1. The first-order valence-electron chi connectivity index (χ1n) is 8.55. The van der Waals surface area contributed by atoms with Crippen LogP contribution >= 0.6 is 11.3 Å². The van der Waals surface area contributed by atoms with Gasteiger partial charge in [-0.05, 0) is 30.4 Å². The van der Waals surface area contributed by atoms with Gasteiger partial charge in [-0.2, -0.15) is 5.10 Å². The van der Waals surface area contributed by atoms with Gasteiger partial charge in [0.25, 0.3) is 5.91 Å². The minimum atomic E-state index is -0.0000497. The fraction of sp³-hybridized carbons (Fsp3) is 0.389. The van der Waals surface area contributed by atoms with Crippen molar-refractivity contribution in [1.29, 1.82) is 0 Å². The number of fused-ring (bicyclic) bond motifs is 2. The number of carbonyl (C=O) groups excluding carboxylic acids is 1. The zero-order valence-electron chi connectivity index (χ0n) is 14.1. The van der Waals surface area contributed by atoms with E-state index in [1.807, 2.05) is 24.3 Å². The first-order chi connectivity index (χ1) is 12.2. The van der Waals surface area contributed by atoms with Gasteiger partial charge in [-0.1, -0.05) is 6.07 Å². The van der Waals surface area contributed by atoms with Gasteiger partial charge in [0.1, 0.15) is 11.5 Å². The summed E-state index contributed by atoms with van der Waals surface area (Å²) in [7, 11) is 1.84. The van der Waals surface area contributed by atoms with Crippen molar-refractivity contribution in [3.63, 3.8) is 0 Å². The molecule has 0 saturated carbocycles. The molecule has 6 nitrogen and oxygen atoms in total. The van der Waals surface area contributed by atoms with Gasteiger partial charge in [0.15, 0.2) is 0 Å². The van der Waals surface area contributed by atoms with Gasteiger partial charge < -0.3 is 9.47 Å². The van der Waals surface area contributed by atoms with Gasteiger partial charge >= 0.3 is 0 Å². The van der Waals surface area contributed by atoms with Crippen LogP contribution in [0.1, 0.15) is 29.2 Å². The molecule has 0 aliphatic carbocycles. The van der Waals surface area contributed by atoms with E-state index in [1.165, 1.54) is 10.6 Å². The van der Waals surface area contributed by atoms with E-state index in [0.29, 0.717) is 5.69 Å². The molecule has 2 aliphatic rings. The molecule has 1 atom stereocenters. The lowest BCUT2D eigenvalue weighted by Gasteiger charge is -2.22. The lowest BCUT2D eigenvalue weighted by atomic mass is 9.85.